The molecule has 0 atom stereocenters. The molecule has 1 aromatic heterocycles. The first-order chi connectivity index (χ1) is 11.1. The Morgan fingerprint density at radius 1 is 1.35 bits per heavy atom. The lowest BCUT2D eigenvalue weighted by molar-refractivity contribution is -0.113. The molecule has 1 amide bonds. The SMILES string of the molecule is Cc1cc(C#N)cc2nc(-c3ccc(NC(=O)CBr)cc3)oc12. The van der Waals surface area contributed by atoms with Crippen molar-refractivity contribution in [1.82, 2.24) is 4.98 Å². The first-order valence-corrected chi connectivity index (χ1v) is 8.00. The number of amides is 1. The van der Waals surface area contributed by atoms with Gasteiger partial charge in [-0.25, -0.2) is 4.98 Å². The van der Waals surface area contributed by atoms with Gasteiger partial charge in [-0.05, 0) is 48.9 Å². The number of benzene rings is 2. The zero-order chi connectivity index (χ0) is 16.4. The molecule has 0 radical (unpaired) electrons. The van der Waals surface area contributed by atoms with Crippen molar-refractivity contribution >= 4 is 38.6 Å². The van der Waals surface area contributed by atoms with E-state index in [-0.39, 0.29) is 11.2 Å². The van der Waals surface area contributed by atoms with E-state index < -0.39 is 0 Å². The van der Waals surface area contributed by atoms with E-state index in [0.717, 1.165) is 11.1 Å². The minimum atomic E-state index is -0.112. The van der Waals surface area contributed by atoms with Crippen LogP contribution in [0, 0.1) is 18.3 Å². The van der Waals surface area contributed by atoms with E-state index in [1.807, 2.05) is 19.1 Å². The molecule has 0 spiro atoms. The molecule has 6 heteroatoms. The van der Waals surface area contributed by atoms with Gasteiger partial charge >= 0.3 is 0 Å². The van der Waals surface area contributed by atoms with Crippen LogP contribution in [0.5, 0.6) is 0 Å². The van der Waals surface area contributed by atoms with Crippen molar-refractivity contribution in [2.24, 2.45) is 0 Å². The van der Waals surface area contributed by atoms with E-state index >= 15 is 0 Å². The largest absolute Gasteiger partial charge is 0.436 e. The number of nitrogens with zero attached hydrogens (tertiary/aromatic N) is 2. The first kappa shape index (κ1) is 15.3. The number of rotatable bonds is 3. The highest BCUT2D eigenvalue weighted by Gasteiger charge is 2.11. The van der Waals surface area contributed by atoms with Gasteiger partial charge in [0.15, 0.2) is 5.58 Å². The molecule has 0 saturated carbocycles. The Kier molecular flexibility index (Phi) is 4.13. The van der Waals surface area contributed by atoms with Crippen LogP contribution in [0.1, 0.15) is 11.1 Å². The fourth-order valence-corrected chi connectivity index (χ4v) is 2.42. The van der Waals surface area contributed by atoms with Crippen molar-refractivity contribution in [3.05, 3.63) is 47.5 Å². The number of hydrogen-bond donors (Lipinski definition) is 1. The molecular formula is C17H12BrN3O2. The van der Waals surface area contributed by atoms with Crippen molar-refractivity contribution in [3.8, 4) is 17.5 Å². The number of nitriles is 1. The van der Waals surface area contributed by atoms with Gasteiger partial charge in [-0.15, -0.1) is 0 Å². The summed E-state index contributed by atoms with van der Waals surface area (Å²) >= 11 is 3.10. The molecule has 5 nitrogen and oxygen atoms in total. The van der Waals surface area contributed by atoms with Gasteiger partial charge in [-0.3, -0.25) is 4.79 Å². The van der Waals surface area contributed by atoms with Crippen molar-refractivity contribution in [2.75, 3.05) is 10.6 Å². The fraction of sp³-hybridized carbons (Fsp3) is 0.118. The van der Waals surface area contributed by atoms with Gasteiger partial charge in [0.05, 0.1) is 17.0 Å². The van der Waals surface area contributed by atoms with Gasteiger partial charge in [-0.1, -0.05) is 15.9 Å². The Morgan fingerprint density at radius 2 is 2.09 bits per heavy atom. The molecule has 0 aliphatic rings. The molecule has 0 fully saturated rings. The molecule has 0 unspecified atom stereocenters. The van der Waals surface area contributed by atoms with E-state index in [1.54, 1.807) is 24.3 Å². The Balaban J connectivity index is 1.96. The summed E-state index contributed by atoms with van der Waals surface area (Å²) < 4.78 is 5.81. The summed E-state index contributed by atoms with van der Waals surface area (Å²) in [5, 5.41) is 12.0. The summed E-state index contributed by atoms with van der Waals surface area (Å²) in [5.74, 6) is 0.371. The Bertz CT molecular complexity index is 923. The number of aromatic nitrogens is 1. The topological polar surface area (TPSA) is 78.9 Å². The van der Waals surface area contributed by atoms with Crippen molar-refractivity contribution < 1.29 is 9.21 Å². The third-order valence-corrected chi connectivity index (χ3v) is 3.85. The predicted octanol–water partition coefficient (Wildman–Crippen LogP) is 4.01. The number of halogens is 1. The van der Waals surface area contributed by atoms with E-state index in [2.05, 4.69) is 32.3 Å². The molecule has 114 valence electrons. The van der Waals surface area contributed by atoms with Crippen LogP contribution in [-0.4, -0.2) is 16.2 Å². The number of carbonyl (C=O) groups is 1. The molecule has 0 bridgehead atoms. The third kappa shape index (κ3) is 3.10. The van der Waals surface area contributed by atoms with Crippen LogP contribution in [0.15, 0.2) is 40.8 Å². The summed E-state index contributed by atoms with van der Waals surface area (Å²) in [6, 6.07) is 12.8. The highest BCUT2D eigenvalue weighted by atomic mass is 79.9. The number of carbonyl (C=O) groups excluding carboxylic acids is 1. The van der Waals surface area contributed by atoms with Gasteiger partial charge in [0.25, 0.3) is 0 Å². The molecule has 23 heavy (non-hydrogen) atoms. The van der Waals surface area contributed by atoms with E-state index in [9.17, 15) is 4.79 Å². The predicted molar refractivity (Wildman–Crippen MR) is 91.3 cm³/mol. The fourth-order valence-electron chi connectivity index (χ4n) is 2.28. The Labute approximate surface area is 141 Å². The highest BCUT2D eigenvalue weighted by molar-refractivity contribution is 9.09. The quantitative estimate of drug-likeness (QED) is 0.707. The van der Waals surface area contributed by atoms with Crippen molar-refractivity contribution in [1.29, 1.82) is 5.26 Å². The number of aryl methyl sites for hydroxylation is 1. The zero-order valence-electron chi connectivity index (χ0n) is 12.3. The monoisotopic (exact) mass is 369 g/mol. The van der Waals surface area contributed by atoms with Crippen molar-refractivity contribution in [3.63, 3.8) is 0 Å². The highest BCUT2D eigenvalue weighted by Crippen LogP contribution is 2.28. The Hall–Kier alpha value is -2.65. The second-order valence-corrected chi connectivity index (χ2v) is 5.59. The molecule has 3 rings (SSSR count). The lowest BCUT2D eigenvalue weighted by atomic mass is 10.1. The van der Waals surface area contributed by atoms with E-state index in [0.29, 0.717) is 28.2 Å². The summed E-state index contributed by atoms with van der Waals surface area (Å²) in [6.45, 7) is 1.89. The Morgan fingerprint density at radius 3 is 2.74 bits per heavy atom. The van der Waals surface area contributed by atoms with Gasteiger partial charge in [0.1, 0.15) is 5.52 Å². The van der Waals surface area contributed by atoms with E-state index in [1.165, 1.54) is 0 Å². The standard InChI is InChI=1S/C17H12BrN3O2/c1-10-6-11(9-19)7-14-16(10)23-17(21-14)12-2-4-13(5-3-12)20-15(22)8-18/h2-7H,8H2,1H3,(H,20,22). The number of hydrogen-bond acceptors (Lipinski definition) is 4. The smallest absolute Gasteiger partial charge is 0.235 e. The summed E-state index contributed by atoms with van der Waals surface area (Å²) in [4.78, 5) is 15.8. The number of anilines is 1. The maximum atomic E-state index is 11.3. The van der Waals surface area contributed by atoms with Gasteiger partial charge < -0.3 is 9.73 Å². The number of nitrogens with one attached hydrogen (secondary N) is 1. The maximum absolute atomic E-state index is 11.3. The maximum Gasteiger partial charge on any atom is 0.235 e. The molecule has 3 aromatic rings. The van der Waals surface area contributed by atoms with Crippen LogP contribution < -0.4 is 5.32 Å². The van der Waals surface area contributed by atoms with Gasteiger partial charge in [0.2, 0.25) is 11.8 Å². The minimum Gasteiger partial charge on any atom is -0.436 e. The zero-order valence-corrected chi connectivity index (χ0v) is 13.8. The number of fused-ring (bicyclic) bond motifs is 1. The minimum absolute atomic E-state index is 0.112. The molecule has 0 aliphatic heterocycles. The second kappa shape index (κ2) is 6.23. The molecule has 1 N–H and O–H groups in total. The second-order valence-electron chi connectivity index (χ2n) is 5.03. The summed E-state index contributed by atoms with van der Waals surface area (Å²) in [7, 11) is 0. The summed E-state index contributed by atoms with van der Waals surface area (Å²) in [6.07, 6.45) is 0. The van der Waals surface area contributed by atoms with Gasteiger partial charge in [-0.2, -0.15) is 5.26 Å². The third-order valence-electron chi connectivity index (χ3n) is 3.34. The summed E-state index contributed by atoms with van der Waals surface area (Å²) in [5.41, 5.74) is 4.28. The van der Waals surface area contributed by atoms with Gasteiger partial charge in [0, 0.05) is 11.3 Å². The lowest BCUT2D eigenvalue weighted by Gasteiger charge is -2.03. The van der Waals surface area contributed by atoms with Crippen LogP contribution in [0.4, 0.5) is 5.69 Å². The van der Waals surface area contributed by atoms with Crippen LogP contribution in [-0.2, 0) is 4.79 Å². The van der Waals surface area contributed by atoms with Crippen LogP contribution in [0.2, 0.25) is 0 Å². The van der Waals surface area contributed by atoms with Crippen LogP contribution in [0.25, 0.3) is 22.6 Å². The van der Waals surface area contributed by atoms with Crippen molar-refractivity contribution in [2.45, 2.75) is 6.92 Å². The molecule has 0 saturated heterocycles. The molecule has 0 aliphatic carbocycles. The van der Waals surface area contributed by atoms with Crippen LogP contribution >= 0.6 is 15.9 Å². The molecular weight excluding hydrogens is 358 g/mol. The molecule has 2 aromatic carbocycles. The van der Waals surface area contributed by atoms with E-state index in [4.69, 9.17) is 9.68 Å². The average molecular weight is 370 g/mol. The number of alkyl halides is 1. The lowest BCUT2D eigenvalue weighted by Crippen LogP contribution is -2.11. The first-order valence-electron chi connectivity index (χ1n) is 6.88. The normalized spacial score (nSPS) is 10.5. The number of oxazole rings is 1. The molecule has 1 heterocycles. The van der Waals surface area contributed by atoms with Crippen LogP contribution in [0.3, 0.4) is 0 Å². The average Bonchev–Trinajstić information content (AvgIpc) is 3.00.